The highest BCUT2D eigenvalue weighted by Gasteiger charge is 2.37. The molecule has 0 bridgehead atoms. The van der Waals surface area contributed by atoms with E-state index in [0.717, 1.165) is 0 Å². The van der Waals surface area contributed by atoms with Crippen molar-refractivity contribution in [3.05, 3.63) is 34.9 Å². The van der Waals surface area contributed by atoms with E-state index in [0.29, 0.717) is 22.6 Å². The largest absolute Gasteiger partial charge is 0.493 e. The second-order valence-electron chi connectivity index (χ2n) is 4.45. The highest BCUT2D eigenvalue weighted by Crippen LogP contribution is 2.38. The van der Waals surface area contributed by atoms with Crippen LogP contribution in [0.15, 0.2) is 29.3 Å². The van der Waals surface area contributed by atoms with Gasteiger partial charge in [-0.3, -0.25) is 0 Å². The van der Waals surface area contributed by atoms with E-state index in [1.807, 2.05) is 0 Å². The van der Waals surface area contributed by atoms with Crippen LogP contribution in [-0.4, -0.2) is 33.3 Å². The molecule has 1 heterocycles. The summed E-state index contributed by atoms with van der Waals surface area (Å²) in [6.45, 7) is 1.67. The van der Waals surface area contributed by atoms with Gasteiger partial charge in [-0.1, -0.05) is 6.07 Å². The number of carbonyl (C=O) groups is 2. The van der Waals surface area contributed by atoms with Gasteiger partial charge in [0.15, 0.2) is 11.5 Å². The molecule has 2 rings (SSSR count). The summed E-state index contributed by atoms with van der Waals surface area (Å²) in [6.07, 6.45) is -0.633. The quantitative estimate of drug-likeness (QED) is 0.622. The molecule has 21 heavy (non-hydrogen) atoms. The molecule has 0 amide bonds. The SMILES string of the molecule is COC(=O)C1=C(C)C(c2ccc(OC)c(OC)c2)OC1=O. The average molecular weight is 292 g/mol. The summed E-state index contributed by atoms with van der Waals surface area (Å²) < 4.78 is 20.2. The number of hydrogen-bond donors (Lipinski definition) is 0. The second-order valence-corrected chi connectivity index (χ2v) is 4.45. The van der Waals surface area contributed by atoms with Crippen molar-refractivity contribution >= 4 is 11.9 Å². The lowest BCUT2D eigenvalue weighted by Crippen LogP contribution is -2.12. The molecule has 0 fully saturated rings. The van der Waals surface area contributed by atoms with E-state index in [4.69, 9.17) is 14.2 Å². The van der Waals surface area contributed by atoms with Gasteiger partial charge in [0.25, 0.3) is 0 Å². The first-order valence-corrected chi connectivity index (χ1v) is 6.25. The molecule has 0 saturated carbocycles. The lowest BCUT2D eigenvalue weighted by molar-refractivity contribution is -0.145. The zero-order valence-corrected chi connectivity index (χ0v) is 12.3. The predicted molar refractivity (Wildman–Crippen MR) is 73.1 cm³/mol. The maximum atomic E-state index is 11.8. The lowest BCUT2D eigenvalue weighted by atomic mass is 10.0. The summed E-state index contributed by atoms with van der Waals surface area (Å²) in [7, 11) is 4.28. The zero-order chi connectivity index (χ0) is 15.6. The van der Waals surface area contributed by atoms with E-state index in [1.54, 1.807) is 25.1 Å². The number of cyclic esters (lactones) is 1. The molecule has 0 N–H and O–H groups in total. The fraction of sp³-hybridized carbons (Fsp3) is 0.333. The van der Waals surface area contributed by atoms with Crippen LogP contribution in [0.3, 0.4) is 0 Å². The standard InChI is InChI=1S/C15H16O6/c1-8-12(14(16)20-4)15(17)21-13(8)9-5-6-10(18-2)11(7-9)19-3/h5-7,13H,1-4H3. The average Bonchev–Trinajstić information content (AvgIpc) is 2.80. The first-order valence-electron chi connectivity index (χ1n) is 6.25. The molecule has 112 valence electrons. The van der Waals surface area contributed by atoms with Crippen LogP contribution in [0.1, 0.15) is 18.6 Å². The molecular formula is C15H16O6. The van der Waals surface area contributed by atoms with Gasteiger partial charge < -0.3 is 18.9 Å². The van der Waals surface area contributed by atoms with Crippen LogP contribution >= 0.6 is 0 Å². The van der Waals surface area contributed by atoms with Crippen molar-refractivity contribution in [3.8, 4) is 11.5 Å². The Morgan fingerprint density at radius 3 is 2.38 bits per heavy atom. The minimum Gasteiger partial charge on any atom is -0.493 e. The zero-order valence-electron chi connectivity index (χ0n) is 12.3. The number of esters is 2. The number of rotatable bonds is 4. The first kappa shape index (κ1) is 14.9. The molecule has 6 nitrogen and oxygen atoms in total. The molecule has 0 spiro atoms. The predicted octanol–water partition coefficient (Wildman–Crippen LogP) is 1.79. The molecule has 6 heteroatoms. The molecule has 1 atom stereocenters. The summed E-state index contributed by atoms with van der Waals surface area (Å²) in [4.78, 5) is 23.4. The molecule has 0 saturated heterocycles. The monoisotopic (exact) mass is 292 g/mol. The molecule has 0 aromatic heterocycles. The van der Waals surface area contributed by atoms with Gasteiger partial charge in [-0.2, -0.15) is 0 Å². The number of methoxy groups -OCH3 is 3. The number of benzene rings is 1. The Kier molecular flexibility index (Phi) is 4.16. The van der Waals surface area contributed by atoms with E-state index in [9.17, 15) is 9.59 Å². The van der Waals surface area contributed by atoms with Crippen molar-refractivity contribution in [2.24, 2.45) is 0 Å². The molecule has 0 aliphatic carbocycles. The number of hydrogen-bond acceptors (Lipinski definition) is 6. The topological polar surface area (TPSA) is 71.1 Å². The minimum atomic E-state index is -0.694. The highest BCUT2D eigenvalue weighted by molar-refractivity contribution is 6.16. The van der Waals surface area contributed by atoms with E-state index in [2.05, 4.69) is 4.74 Å². The maximum Gasteiger partial charge on any atom is 0.346 e. The Hall–Kier alpha value is -2.50. The van der Waals surface area contributed by atoms with Crippen LogP contribution in [-0.2, 0) is 19.1 Å². The summed E-state index contributed by atoms with van der Waals surface area (Å²) in [5, 5.41) is 0. The summed E-state index contributed by atoms with van der Waals surface area (Å²) in [5.74, 6) is -0.287. The van der Waals surface area contributed by atoms with Crippen molar-refractivity contribution in [2.45, 2.75) is 13.0 Å². The van der Waals surface area contributed by atoms with Crippen LogP contribution in [0.2, 0.25) is 0 Å². The van der Waals surface area contributed by atoms with Gasteiger partial charge in [0.05, 0.1) is 21.3 Å². The summed E-state index contributed by atoms with van der Waals surface area (Å²) in [5.41, 5.74) is 1.15. The van der Waals surface area contributed by atoms with Crippen molar-refractivity contribution in [1.29, 1.82) is 0 Å². The van der Waals surface area contributed by atoms with E-state index >= 15 is 0 Å². The van der Waals surface area contributed by atoms with E-state index in [1.165, 1.54) is 21.3 Å². The van der Waals surface area contributed by atoms with Crippen molar-refractivity contribution < 1.29 is 28.5 Å². The smallest absolute Gasteiger partial charge is 0.346 e. The third-order valence-corrected chi connectivity index (χ3v) is 3.32. The number of carbonyl (C=O) groups excluding carboxylic acids is 2. The number of ether oxygens (including phenoxy) is 4. The Morgan fingerprint density at radius 1 is 1.14 bits per heavy atom. The Labute approximate surface area is 122 Å². The molecule has 1 aromatic carbocycles. The summed E-state index contributed by atoms with van der Waals surface area (Å²) >= 11 is 0. The molecule has 1 aliphatic rings. The normalized spacial score (nSPS) is 17.5. The van der Waals surface area contributed by atoms with E-state index in [-0.39, 0.29) is 5.57 Å². The highest BCUT2D eigenvalue weighted by atomic mass is 16.6. The van der Waals surface area contributed by atoms with Gasteiger partial charge in [0.2, 0.25) is 0 Å². The lowest BCUT2D eigenvalue weighted by Gasteiger charge is -2.14. The minimum absolute atomic E-state index is 0.0581. The van der Waals surface area contributed by atoms with Crippen molar-refractivity contribution in [1.82, 2.24) is 0 Å². The third-order valence-electron chi connectivity index (χ3n) is 3.32. The molecule has 0 radical (unpaired) electrons. The van der Waals surface area contributed by atoms with Crippen molar-refractivity contribution in [2.75, 3.05) is 21.3 Å². The van der Waals surface area contributed by atoms with Crippen LogP contribution in [0.25, 0.3) is 0 Å². The fourth-order valence-corrected chi connectivity index (χ4v) is 2.23. The van der Waals surface area contributed by atoms with Gasteiger partial charge >= 0.3 is 11.9 Å². The first-order chi connectivity index (χ1) is 10.0. The van der Waals surface area contributed by atoms with Crippen LogP contribution in [0, 0.1) is 0 Å². The molecule has 1 aromatic rings. The summed E-state index contributed by atoms with van der Waals surface area (Å²) in [6, 6.07) is 5.18. The third kappa shape index (κ3) is 2.56. The van der Waals surface area contributed by atoms with Gasteiger partial charge in [0, 0.05) is 5.56 Å². The Bertz CT molecular complexity index is 617. The van der Waals surface area contributed by atoms with Gasteiger partial charge in [-0.05, 0) is 24.6 Å². The Balaban J connectivity index is 2.42. The van der Waals surface area contributed by atoms with Crippen molar-refractivity contribution in [3.63, 3.8) is 0 Å². The molecule has 1 aliphatic heterocycles. The van der Waals surface area contributed by atoms with Crippen LogP contribution in [0.5, 0.6) is 11.5 Å². The molecule has 1 unspecified atom stereocenters. The van der Waals surface area contributed by atoms with Crippen LogP contribution in [0.4, 0.5) is 0 Å². The molecular weight excluding hydrogens is 276 g/mol. The van der Waals surface area contributed by atoms with Gasteiger partial charge in [0.1, 0.15) is 11.7 Å². The fourth-order valence-electron chi connectivity index (χ4n) is 2.23. The van der Waals surface area contributed by atoms with E-state index < -0.39 is 18.0 Å². The Morgan fingerprint density at radius 2 is 1.81 bits per heavy atom. The van der Waals surface area contributed by atoms with Crippen LogP contribution < -0.4 is 9.47 Å². The maximum absolute atomic E-state index is 11.8. The second kappa shape index (κ2) is 5.87. The van der Waals surface area contributed by atoms with Gasteiger partial charge in [-0.15, -0.1) is 0 Å². The van der Waals surface area contributed by atoms with Gasteiger partial charge in [-0.25, -0.2) is 9.59 Å².